The van der Waals surface area contributed by atoms with Gasteiger partial charge in [-0.25, -0.2) is 0 Å². The van der Waals surface area contributed by atoms with Crippen LogP contribution in [0.4, 0.5) is 0 Å². The van der Waals surface area contributed by atoms with E-state index in [1.54, 1.807) is 7.11 Å². The molecule has 0 aliphatic rings. The smallest absolute Gasteiger partial charge is 0.157 e. The van der Waals surface area contributed by atoms with Gasteiger partial charge < -0.3 is 9.84 Å². The summed E-state index contributed by atoms with van der Waals surface area (Å²) in [6.07, 6.45) is 9.42. The minimum atomic E-state index is -0.627. The monoisotopic (exact) mass is 258 g/mol. The van der Waals surface area contributed by atoms with E-state index in [1.165, 1.54) is 51.4 Å². The van der Waals surface area contributed by atoms with Gasteiger partial charge in [0.2, 0.25) is 0 Å². The summed E-state index contributed by atoms with van der Waals surface area (Å²) in [6, 6.07) is 0. The largest absolute Gasteiger partial charge is 0.368 e. The molecule has 2 heteroatoms. The Hall–Kier alpha value is -0.0800. The van der Waals surface area contributed by atoms with Crippen molar-refractivity contribution in [3.05, 3.63) is 0 Å². The zero-order chi connectivity index (χ0) is 14.0. The summed E-state index contributed by atoms with van der Waals surface area (Å²) in [5.41, 5.74) is 0.208. The Morgan fingerprint density at radius 2 is 1.56 bits per heavy atom. The summed E-state index contributed by atoms with van der Waals surface area (Å²) in [5, 5.41) is 9.94. The molecule has 0 rings (SSSR count). The fraction of sp³-hybridized carbons (Fsp3) is 1.00. The van der Waals surface area contributed by atoms with Gasteiger partial charge in [0.25, 0.3) is 0 Å². The summed E-state index contributed by atoms with van der Waals surface area (Å²) in [4.78, 5) is 0. The Morgan fingerprint density at radius 3 is 2.06 bits per heavy atom. The zero-order valence-electron chi connectivity index (χ0n) is 13.2. The Balaban J connectivity index is 4.40. The first-order chi connectivity index (χ1) is 8.51. The standard InChI is InChI=1S/C16H34O2/c1-6-8-10-11-13-16(4,12-9-7-2)14(3)15(17)18-5/h14-15,17H,6-13H2,1-5H3. The van der Waals surface area contributed by atoms with Gasteiger partial charge in [0.15, 0.2) is 6.29 Å². The van der Waals surface area contributed by atoms with E-state index in [0.29, 0.717) is 0 Å². The van der Waals surface area contributed by atoms with Crippen LogP contribution >= 0.6 is 0 Å². The molecule has 3 unspecified atom stereocenters. The molecule has 0 saturated heterocycles. The highest BCUT2D eigenvalue weighted by molar-refractivity contribution is 4.81. The number of hydrogen-bond acceptors (Lipinski definition) is 2. The number of hydrogen-bond donors (Lipinski definition) is 1. The minimum absolute atomic E-state index is 0.204. The van der Waals surface area contributed by atoms with Gasteiger partial charge in [-0.05, 0) is 18.3 Å². The van der Waals surface area contributed by atoms with Crippen molar-refractivity contribution >= 4 is 0 Å². The van der Waals surface area contributed by atoms with Crippen molar-refractivity contribution in [3.63, 3.8) is 0 Å². The van der Waals surface area contributed by atoms with Gasteiger partial charge in [-0.2, -0.15) is 0 Å². The highest BCUT2D eigenvalue weighted by atomic mass is 16.6. The molecular weight excluding hydrogens is 224 g/mol. The first kappa shape index (κ1) is 17.9. The Bertz CT molecular complexity index is 194. The number of ether oxygens (including phenoxy) is 1. The van der Waals surface area contributed by atoms with E-state index < -0.39 is 6.29 Å². The van der Waals surface area contributed by atoms with Crippen molar-refractivity contribution in [2.45, 2.75) is 85.4 Å². The van der Waals surface area contributed by atoms with Crippen molar-refractivity contribution in [1.29, 1.82) is 0 Å². The van der Waals surface area contributed by atoms with E-state index in [1.807, 2.05) is 0 Å². The lowest BCUT2D eigenvalue weighted by Gasteiger charge is -2.38. The van der Waals surface area contributed by atoms with E-state index in [0.717, 1.165) is 0 Å². The SMILES string of the molecule is CCCCCCC(C)(CCCC)C(C)C(O)OC. The molecule has 0 aromatic rings. The third-order valence-corrected chi connectivity index (χ3v) is 4.47. The highest BCUT2D eigenvalue weighted by Gasteiger charge is 2.34. The van der Waals surface area contributed by atoms with Gasteiger partial charge in [0, 0.05) is 13.0 Å². The molecule has 2 nitrogen and oxygen atoms in total. The number of rotatable bonds is 11. The molecule has 0 bridgehead atoms. The topological polar surface area (TPSA) is 29.5 Å². The van der Waals surface area contributed by atoms with Gasteiger partial charge >= 0.3 is 0 Å². The quantitative estimate of drug-likeness (QED) is 0.428. The molecule has 1 N–H and O–H groups in total. The van der Waals surface area contributed by atoms with Crippen LogP contribution in [0.25, 0.3) is 0 Å². The van der Waals surface area contributed by atoms with Crippen molar-refractivity contribution < 1.29 is 9.84 Å². The number of aliphatic hydroxyl groups excluding tert-OH is 1. The average molecular weight is 258 g/mol. The molecule has 18 heavy (non-hydrogen) atoms. The number of methoxy groups -OCH3 is 1. The zero-order valence-corrected chi connectivity index (χ0v) is 13.2. The maximum Gasteiger partial charge on any atom is 0.157 e. The van der Waals surface area contributed by atoms with E-state index in [4.69, 9.17) is 4.74 Å². The lowest BCUT2D eigenvalue weighted by Crippen LogP contribution is -2.35. The second-order valence-corrected chi connectivity index (χ2v) is 5.98. The summed E-state index contributed by atoms with van der Waals surface area (Å²) in [6.45, 7) is 8.92. The highest BCUT2D eigenvalue weighted by Crippen LogP contribution is 2.40. The summed E-state index contributed by atoms with van der Waals surface area (Å²) in [7, 11) is 1.60. The summed E-state index contributed by atoms with van der Waals surface area (Å²) >= 11 is 0. The first-order valence-electron chi connectivity index (χ1n) is 7.72. The van der Waals surface area contributed by atoms with E-state index in [9.17, 15) is 5.11 Å². The van der Waals surface area contributed by atoms with Crippen LogP contribution in [0.1, 0.15) is 79.1 Å². The van der Waals surface area contributed by atoms with Gasteiger partial charge in [-0.1, -0.05) is 66.2 Å². The lowest BCUT2D eigenvalue weighted by molar-refractivity contribution is -0.141. The maximum absolute atomic E-state index is 9.94. The number of aliphatic hydroxyl groups is 1. The van der Waals surface area contributed by atoms with Crippen LogP contribution < -0.4 is 0 Å². The average Bonchev–Trinajstić information content (AvgIpc) is 2.39. The molecule has 0 aromatic heterocycles. The third-order valence-electron chi connectivity index (χ3n) is 4.47. The van der Waals surface area contributed by atoms with Crippen molar-refractivity contribution in [1.82, 2.24) is 0 Å². The van der Waals surface area contributed by atoms with Crippen molar-refractivity contribution in [2.75, 3.05) is 7.11 Å². The normalized spacial score (nSPS) is 18.3. The molecule has 0 spiro atoms. The van der Waals surface area contributed by atoms with Gasteiger partial charge in [-0.15, -0.1) is 0 Å². The van der Waals surface area contributed by atoms with Gasteiger partial charge in [-0.3, -0.25) is 0 Å². The van der Waals surface area contributed by atoms with Crippen LogP contribution in [0.5, 0.6) is 0 Å². The fourth-order valence-electron chi connectivity index (χ4n) is 2.66. The lowest BCUT2D eigenvalue weighted by atomic mass is 9.70. The molecule has 0 aliphatic heterocycles. The Morgan fingerprint density at radius 1 is 1.00 bits per heavy atom. The first-order valence-corrected chi connectivity index (χ1v) is 7.72. The predicted octanol–water partition coefficient (Wildman–Crippen LogP) is 4.75. The Labute approximate surface area is 114 Å². The van der Waals surface area contributed by atoms with E-state index in [-0.39, 0.29) is 11.3 Å². The second kappa shape index (κ2) is 9.80. The predicted molar refractivity (Wildman–Crippen MR) is 78.6 cm³/mol. The molecule has 0 fully saturated rings. The Kier molecular flexibility index (Phi) is 9.76. The van der Waals surface area contributed by atoms with Crippen LogP contribution in [0, 0.1) is 11.3 Å². The number of unbranched alkanes of at least 4 members (excludes halogenated alkanes) is 4. The second-order valence-electron chi connectivity index (χ2n) is 5.98. The van der Waals surface area contributed by atoms with E-state index >= 15 is 0 Å². The van der Waals surface area contributed by atoms with Crippen LogP contribution in [-0.2, 0) is 4.74 Å². The van der Waals surface area contributed by atoms with Gasteiger partial charge in [0.05, 0.1) is 0 Å². The molecule has 0 aromatic carbocycles. The molecule has 0 amide bonds. The molecule has 110 valence electrons. The molecule has 0 aliphatic carbocycles. The minimum Gasteiger partial charge on any atom is -0.368 e. The van der Waals surface area contributed by atoms with Crippen LogP contribution in [0.2, 0.25) is 0 Å². The van der Waals surface area contributed by atoms with Crippen molar-refractivity contribution in [3.8, 4) is 0 Å². The molecular formula is C16H34O2. The van der Waals surface area contributed by atoms with Crippen LogP contribution in [-0.4, -0.2) is 18.5 Å². The third kappa shape index (κ3) is 6.19. The maximum atomic E-state index is 9.94. The summed E-state index contributed by atoms with van der Waals surface area (Å²) in [5.74, 6) is 0.204. The van der Waals surface area contributed by atoms with Crippen LogP contribution in [0.15, 0.2) is 0 Å². The van der Waals surface area contributed by atoms with Gasteiger partial charge in [0.1, 0.15) is 0 Å². The van der Waals surface area contributed by atoms with Crippen LogP contribution in [0.3, 0.4) is 0 Å². The fourth-order valence-corrected chi connectivity index (χ4v) is 2.66. The molecule has 3 atom stereocenters. The summed E-state index contributed by atoms with van der Waals surface area (Å²) < 4.78 is 5.12. The van der Waals surface area contributed by atoms with Crippen molar-refractivity contribution in [2.24, 2.45) is 11.3 Å². The molecule has 0 radical (unpaired) electrons. The molecule has 0 heterocycles. The molecule has 0 saturated carbocycles. The van der Waals surface area contributed by atoms with E-state index in [2.05, 4.69) is 27.7 Å².